The molecule has 2 unspecified atom stereocenters. The normalized spacial score (nSPS) is 25.0. The van der Waals surface area contributed by atoms with Gasteiger partial charge >= 0.3 is 19.4 Å². The summed E-state index contributed by atoms with van der Waals surface area (Å²) < 4.78 is 53.2. The highest BCUT2D eigenvalue weighted by Crippen LogP contribution is 2.49. The summed E-state index contributed by atoms with van der Waals surface area (Å²) in [6.45, 7) is 0.587. The molecule has 1 aromatic carbocycles. The van der Waals surface area contributed by atoms with Gasteiger partial charge in [-0.15, -0.1) is 11.8 Å². The SMILES string of the molecule is CC(NP(=O)(OC[C@H]1S[C@@H](n2ccc(N)nc2=O)[C@@H](F)[C@@H]1O)Oc1ccc(Cl)c(F)c1)C(=O)O. The number of hydrogen-bond acceptors (Lipinski definition) is 9. The zero-order chi connectivity index (χ0) is 25.2. The maximum absolute atomic E-state index is 14.8. The number of alkyl halides is 1. The van der Waals surface area contributed by atoms with E-state index in [2.05, 4.69) is 10.1 Å². The van der Waals surface area contributed by atoms with Crippen LogP contribution in [0, 0.1) is 5.82 Å². The van der Waals surface area contributed by atoms with E-state index in [4.69, 9.17) is 31.5 Å². The number of anilines is 1. The van der Waals surface area contributed by atoms with Crippen molar-refractivity contribution in [2.45, 2.75) is 35.9 Å². The number of nitrogens with one attached hydrogen (secondary N) is 1. The van der Waals surface area contributed by atoms with Crippen molar-refractivity contribution in [2.75, 3.05) is 12.3 Å². The van der Waals surface area contributed by atoms with Crippen LogP contribution >= 0.6 is 31.1 Å². The lowest BCUT2D eigenvalue weighted by Gasteiger charge is -2.24. The van der Waals surface area contributed by atoms with Crippen LogP contribution in [0.15, 0.2) is 35.3 Å². The Hall–Kier alpha value is -2.22. The predicted molar refractivity (Wildman–Crippen MR) is 120 cm³/mol. The molecular formula is C18H20ClF2N4O7PS. The fourth-order valence-corrected chi connectivity index (χ4v) is 6.06. The molecule has 34 heavy (non-hydrogen) atoms. The summed E-state index contributed by atoms with van der Waals surface area (Å²) >= 11 is 6.42. The van der Waals surface area contributed by atoms with Gasteiger partial charge < -0.3 is 20.5 Å². The maximum Gasteiger partial charge on any atom is 0.459 e. The van der Waals surface area contributed by atoms with E-state index in [0.717, 1.165) is 35.4 Å². The second-order valence-corrected chi connectivity index (χ2v) is 10.7. The summed E-state index contributed by atoms with van der Waals surface area (Å²) in [6.07, 6.45) is -2.33. The lowest BCUT2D eigenvalue weighted by molar-refractivity contribution is -0.138. The van der Waals surface area contributed by atoms with Gasteiger partial charge in [-0.25, -0.2) is 18.1 Å². The number of carboxylic acids is 1. The number of aliphatic hydroxyl groups excluding tert-OH is 1. The topological polar surface area (TPSA) is 166 Å². The highest BCUT2D eigenvalue weighted by molar-refractivity contribution is 8.00. The molecule has 1 aromatic heterocycles. The Kier molecular flexibility index (Phi) is 8.22. The van der Waals surface area contributed by atoms with E-state index in [9.17, 15) is 28.0 Å². The number of benzene rings is 1. The number of hydrogen-bond donors (Lipinski definition) is 4. The van der Waals surface area contributed by atoms with E-state index in [1.54, 1.807) is 0 Å². The van der Waals surface area contributed by atoms with Gasteiger partial charge in [0, 0.05) is 12.3 Å². The first-order valence-corrected chi connectivity index (χ1v) is 12.5. The highest BCUT2D eigenvalue weighted by Gasteiger charge is 2.46. The van der Waals surface area contributed by atoms with Gasteiger partial charge in [-0.1, -0.05) is 11.6 Å². The van der Waals surface area contributed by atoms with Gasteiger partial charge in [0.15, 0.2) is 6.17 Å². The van der Waals surface area contributed by atoms with E-state index >= 15 is 0 Å². The highest BCUT2D eigenvalue weighted by atomic mass is 35.5. The summed E-state index contributed by atoms with van der Waals surface area (Å²) in [6, 6.07) is 3.01. The number of carboxylic acid groups (broad SMARTS) is 1. The molecule has 5 N–H and O–H groups in total. The molecule has 1 saturated heterocycles. The minimum atomic E-state index is -4.48. The first kappa shape index (κ1) is 26.4. The Morgan fingerprint density at radius 2 is 2.18 bits per heavy atom. The van der Waals surface area contributed by atoms with E-state index < -0.39 is 60.8 Å². The number of nitrogens with zero attached hydrogens (tertiary/aromatic N) is 2. The third kappa shape index (κ3) is 6.06. The molecule has 0 aliphatic carbocycles. The van der Waals surface area contributed by atoms with Gasteiger partial charge in [-0.2, -0.15) is 10.1 Å². The van der Waals surface area contributed by atoms with Crippen LogP contribution in [0.5, 0.6) is 5.75 Å². The van der Waals surface area contributed by atoms with Crippen molar-refractivity contribution < 1.29 is 37.4 Å². The van der Waals surface area contributed by atoms with Crippen LogP contribution in [0.25, 0.3) is 0 Å². The molecule has 11 nitrogen and oxygen atoms in total. The van der Waals surface area contributed by atoms with Crippen molar-refractivity contribution >= 4 is 42.9 Å². The van der Waals surface area contributed by atoms with Crippen molar-refractivity contribution in [3.63, 3.8) is 0 Å². The minimum Gasteiger partial charge on any atom is -0.480 e. The lowest BCUT2D eigenvalue weighted by Crippen LogP contribution is -2.36. The molecule has 0 saturated carbocycles. The summed E-state index contributed by atoms with van der Waals surface area (Å²) in [7, 11) is -4.48. The van der Waals surface area contributed by atoms with E-state index in [0.29, 0.717) is 0 Å². The van der Waals surface area contributed by atoms with E-state index in [1.165, 1.54) is 18.3 Å². The van der Waals surface area contributed by atoms with Gasteiger partial charge in [-0.05, 0) is 25.1 Å². The van der Waals surface area contributed by atoms with Gasteiger partial charge in [-0.3, -0.25) is 13.9 Å². The van der Waals surface area contributed by atoms with Gasteiger partial charge in [0.25, 0.3) is 0 Å². The van der Waals surface area contributed by atoms with Crippen LogP contribution < -0.4 is 21.0 Å². The molecule has 16 heteroatoms. The number of thioether (sulfide) groups is 1. The lowest BCUT2D eigenvalue weighted by atomic mass is 10.1. The predicted octanol–water partition coefficient (Wildman–Crippen LogP) is 2.20. The summed E-state index contributed by atoms with van der Waals surface area (Å²) in [5.74, 6) is -2.61. The first-order valence-electron chi connectivity index (χ1n) is 9.62. The average molecular weight is 541 g/mol. The standard InChI is InChI=1S/C18H20ClF2N4O7PS/c1-8(17(27)28)24-33(30,32-9-2-3-10(19)11(20)6-9)31-7-12-15(26)14(21)16(34-12)25-5-4-13(22)23-18(25)29/h2-6,8,12,14-16,26H,7H2,1H3,(H,24,30)(H,27,28)(H2,22,23,29)/t8?,12-,14+,15-,16-,33?/m1/s1. The number of rotatable bonds is 9. The number of halogens is 3. The number of nitrogen functional groups attached to an aromatic ring is 1. The molecule has 3 rings (SSSR count). The second-order valence-electron chi connectivity index (χ2n) is 7.19. The van der Waals surface area contributed by atoms with Crippen molar-refractivity contribution in [2.24, 2.45) is 0 Å². The summed E-state index contributed by atoms with van der Waals surface area (Å²) in [5.41, 5.74) is 4.60. The quantitative estimate of drug-likeness (QED) is 0.344. The zero-order valence-electron chi connectivity index (χ0n) is 17.4. The smallest absolute Gasteiger partial charge is 0.459 e. The Morgan fingerprint density at radius 3 is 2.79 bits per heavy atom. The van der Waals surface area contributed by atoms with Crippen molar-refractivity contribution in [1.29, 1.82) is 0 Å². The second kappa shape index (κ2) is 10.6. The molecule has 1 aliphatic rings. The Bertz CT molecular complexity index is 1180. The van der Waals surface area contributed by atoms with Gasteiger partial charge in [0.1, 0.15) is 34.9 Å². The molecule has 2 heterocycles. The number of carbonyl (C=O) groups is 1. The first-order chi connectivity index (χ1) is 15.9. The third-order valence-electron chi connectivity index (χ3n) is 4.67. The molecule has 0 bridgehead atoms. The average Bonchev–Trinajstić information content (AvgIpc) is 3.03. The van der Waals surface area contributed by atoms with E-state index in [-0.39, 0.29) is 16.6 Å². The molecular weight excluding hydrogens is 521 g/mol. The number of aliphatic hydroxyl groups is 1. The number of aromatic nitrogens is 2. The van der Waals surface area contributed by atoms with Crippen LogP contribution in [-0.2, 0) is 13.9 Å². The van der Waals surface area contributed by atoms with Crippen molar-refractivity contribution in [3.05, 3.63) is 51.8 Å². The Balaban J connectivity index is 1.78. The fourth-order valence-electron chi connectivity index (χ4n) is 2.91. The third-order valence-corrected chi connectivity index (χ3v) is 8.15. The van der Waals surface area contributed by atoms with Crippen LogP contribution in [0.3, 0.4) is 0 Å². The van der Waals surface area contributed by atoms with Crippen LogP contribution in [0.4, 0.5) is 14.6 Å². The molecule has 186 valence electrons. The van der Waals surface area contributed by atoms with Crippen molar-refractivity contribution in [1.82, 2.24) is 14.6 Å². The van der Waals surface area contributed by atoms with E-state index in [1.807, 2.05) is 0 Å². The fraction of sp³-hybridized carbons (Fsp3) is 0.389. The van der Waals surface area contributed by atoms with Crippen LogP contribution in [0.1, 0.15) is 12.3 Å². The Labute approximate surface area is 200 Å². The molecule has 1 fully saturated rings. The number of nitrogens with two attached hydrogens (primary N) is 1. The molecule has 2 aromatic rings. The summed E-state index contributed by atoms with van der Waals surface area (Å²) in [5, 5.41) is 19.2. The van der Waals surface area contributed by atoms with Crippen LogP contribution in [-0.4, -0.2) is 55.9 Å². The zero-order valence-corrected chi connectivity index (χ0v) is 19.8. The molecule has 0 amide bonds. The Morgan fingerprint density at radius 1 is 1.47 bits per heavy atom. The van der Waals surface area contributed by atoms with Gasteiger partial charge in [0.05, 0.1) is 16.9 Å². The maximum atomic E-state index is 14.8. The monoisotopic (exact) mass is 540 g/mol. The molecule has 0 radical (unpaired) electrons. The largest absolute Gasteiger partial charge is 0.480 e. The van der Waals surface area contributed by atoms with Crippen LogP contribution in [0.2, 0.25) is 5.02 Å². The molecule has 6 atom stereocenters. The minimum absolute atomic E-state index is 0.0598. The van der Waals surface area contributed by atoms with Gasteiger partial charge in [0.2, 0.25) is 0 Å². The number of aliphatic carboxylic acids is 1. The van der Waals surface area contributed by atoms with Crippen molar-refractivity contribution in [3.8, 4) is 5.75 Å². The molecule has 0 spiro atoms. The summed E-state index contributed by atoms with van der Waals surface area (Å²) in [4.78, 5) is 26.8. The molecule has 1 aliphatic heterocycles.